The van der Waals surface area contributed by atoms with E-state index in [2.05, 4.69) is 54.6 Å². The van der Waals surface area contributed by atoms with E-state index in [0.717, 1.165) is 39.3 Å². The zero-order chi connectivity index (χ0) is 20.8. The third-order valence-electron chi connectivity index (χ3n) is 5.86. The van der Waals surface area contributed by atoms with E-state index in [1.807, 2.05) is 0 Å². The molecule has 6 nitrogen and oxygen atoms in total. The van der Waals surface area contributed by atoms with Gasteiger partial charge in [0.15, 0.2) is 0 Å². The van der Waals surface area contributed by atoms with Crippen molar-refractivity contribution in [1.29, 1.82) is 0 Å². The summed E-state index contributed by atoms with van der Waals surface area (Å²) in [6.07, 6.45) is 4.53. The van der Waals surface area contributed by atoms with Crippen LogP contribution in [0.2, 0.25) is 0 Å². The predicted molar refractivity (Wildman–Crippen MR) is 119 cm³/mol. The number of piperazine rings is 1. The monoisotopic (exact) mass is 400 g/mol. The Morgan fingerprint density at radius 1 is 0.929 bits per heavy atom. The van der Waals surface area contributed by atoms with E-state index in [9.17, 15) is 5.11 Å². The Balaban J connectivity index is 2.08. The van der Waals surface area contributed by atoms with E-state index < -0.39 is 6.10 Å². The summed E-state index contributed by atoms with van der Waals surface area (Å²) < 4.78 is 5.80. The lowest BCUT2D eigenvalue weighted by Crippen LogP contribution is -2.49. The Kier molecular flexibility index (Phi) is 14.4. The van der Waals surface area contributed by atoms with Gasteiger partial charge in [0.1, 0.15) is 0 Å². The van der Waals surface area contributed by atoms with Crippen molar-refractivity contribution < 1.29 is 9.84 Å². The minimum Gasteiger partial charge on any atom is -0.389 e. The Bertz CT molecular complexity index is 362. The highest BCUT2D eigenvalue weighted by atomic mass is 16.5. The average Bonchev–Trinajstić information content (AvgIpc) is 2.68. The molecule has 2 atom stereocenters. The van der Waals surface area contributed by atoms with Gasteiger partial charge in [-0.25, -0.2) is 0 Å². The highest BCUT2D eigenvalue weighted by molar-refractivity contribution is 4.73. The molecule has 6 heteroatoms. The maximum absolute atomic E-state index is 10.3. The van der Waals surface area contributed by atoms with Gasteiger partial charge in [-0.1, -0.05) is 33.1 Å². The molecule has 0 aromatic rings. The molecule has 1 saturated heterocycles. The molecular formula is C22H48N4O2. The van der Waals surface area contributed by atoms with Crippen molar-refractivity contribution in [2.24, 2.45) is 5.92 Å². The Labute approximate surface area is 174 Å². The highest BCUT2D eigenvalue weighted by Gasteiger charge is 2.17. The molecule has 1 N–H and O–H groups in total. The highest BCUT2D eigenvalue weighted by Crippen LogP contribution is 2.13. The van der Waals surface area contributed by atoms with E-state index in [1.165, 1.54) is 45.3 Å². The number of aliphatic hydroxyl groups excluding tert-OH is 1. The maximum Gasteiger partial charge on any atom is 0.0900 e. The zero-order valence-corrected chi connectivity index (χ0v) is 19.4. The first kappa shape index (κ1) is 25.8. The second kappa shape index (κ2) is 15.6. The second-order valence-electron chi connectivity index (χ2n) is 8.86. The molecule has 1 heterocycles. The quantitative estimate of drug-likeness (QED) is 0.425. The van der Waals surface area contributed by atoms with E-state index in [4.69, 9.17) is 4.74 Å². The standard InChI is InChI=1S/C22H48N4O2/c1-6-8-9-21(7-2)19-28-20-22(27)18-24(5)11-13-26-16-14-25(15-17-26)12-10-23(3)4/h21-22,27H,6-20H2,1-5H3. The first-order valence-corrected chi connectivity index (χ1v) is 11.5. The molecule has 0 bridgehead atoms. The summed E-state index contributed by atoms with van der Waals surface area (Å²) >= 11 is 0. The van der Waals surface area contributed by atoms with E-state index in [1.54, 1.807) is 0 Å². The van der Waals surface area contributed by atoms with Crippen LogP contribution in [0.25, 0.3) is 0 Å². The smallest absolute Gasteiger partial charge is 0.0900 e. The number of likely N-dealkylation sites (N-methyl/N-ethyl adjacent to an activating group) is 2. The Hall–Kier alpha value is -0.240. The minimum atomic E-state index is -0.392. The van der Waals surface area contributed by atoms with Gasteiger partial charge in [-0.15, -0.1) is 0 Å². The molecule has 0 radical (unpaired) electrons. The Morgan fingerprint density at radius 2 is 1.54 bits per heavy atom. The molecule has 0 aliphatic carbocycles. The predicted octanol–water partition coefficient (Wildman–Crippen LogP) is 1.69. The zero-order valence-electron chi connectivity index (χ0n) is 19.4. The van der Waals surface area contributed by atoms with Gasteiger partial charge in [-0.3, -0.25) is 9.80 Å². The summed E-state index contributed by atoms with van der Waals surface area (Å²) in [6.45, 7) is 15.4. The fraction of sp³-hybridized carbons (Fsp3) is 1.00. The van der Waals surface area contributed by atoms with Crippen molar-refractivity contribution in [3.8, 4) is 0 Å². The lowest BCUT2D eigenvalue weighted by Gasteiger charge is -2.36. The fourth-order valence-electron chi connectivity index (χ4n) is 3.66. The van der Waals surface area contributed by atoms with Crippen molar-refractivity contribution in [2.75, 3.05) is 93.3 Å². The summed E-state index contributed by atoms with van der Waals surface area (Å²) in [7, 11) is 6.38. The number of hydrogen-bond donors (Lipinski definition) is 1. The van der Waals surface area contributed by atoms with Crippen LogP contribution in [0.5, 0.6) is 0 Å². The van der Waals surface area contributed by atoms with E-state index in [0.29, 0.717) is 19.1 Å². The largest absolute Gasteiger partial charge is 0.389 e. The van der Waals surface area contributed by atoms with E-state index in [-0.39, 0.29) is 0 Å². The van der Waals surface area contributed by atoms with Gasteiger partial charge in [-0.05, 0) is 33.5 Å². The van der Waals surface area contributed by atoms with E-state index >= 15 is 0 Å². The first-order valence-electron chi connectivity index (χ1n) is 11.5. The third kappa shape index (κ3) is 12.3. The molecule has 0 aromatic carbocycles. The second-order valence-corrected chi connectivity index (χ2v) is 8.86. The fourth-order valence-corrected chi connectivity index (χ4v) is 3.66. The lowest BCUT2D eigenvalue weighted by atomic mass is 10.0. The molecule has 0 spiro atoms. The van der Waals surface area contributed by atoms with Crippen LogP contribution in [0.1, 0.15) is 39.5 Å². The van der Waals surface area contributed by atoms with Gasteiger partial charge in [0.25, 0.3) is 0 Å². The minimum absolute atomic E-state index is 0.392. The van der Waals surface area contributed by atoms with Crippen molar-refractivity contribution in [3.05, 3.63) is 0 Å². The number of hydrogen-bond acceptors (Lipinski definition) is 6. The molecule has 1 fully saturated rings. The molecule has 1 aliphatic rings. The van der Waals surface area contributed by atoms with Gasteiger partial charge in [-0.2, -0.15) is 0 Å². The number of aliphatic hydroxyl groups is 1. The molecule has 28 heavy (non-hydrogen) atoms. The van der Waals surface area contributed by atoms with Crippen LogP contribution < -0.4 is 0 Å². The third-order valence-corrected chi connectivity index (χ3v) is 5.86. The molecule has 2 unspecified atom stereocenters. The van der Waals surface area contributed by atoms with Crippen LogP contribution in [-0.2, 0) is 4.74 Å². The van der Waals surface area contributed by atoms with Crippen molar-refractivity contribution in [2.45, 2.75) is 45.6 Å². The van der Waals surface area contributed by atoms with Crippen LogP contribution in [0.15, 0.2) is 0 Å². The molecule has 0 saturated carbocycles. The first-order chi connectivity index (χ1) is 13.4. The SMILES string of the molecule is CCCCC(CC)COCC(O)CN(C)CCN1CCN(CCN(C)C)CC1. The van der Waals surface area contributed by atoms with Crippen molar-refractivity contribution in [1.82, 2.24) is 19.6 Å². The van der Waals surface area contributed by atoms with Crippen LogP contribution in [0, 0.1) is 5.92 Å². The van der Waals surface area contributed by atoms with Crippen LogP contribution in [0.3, 0.4) is 0 Å². The van der Waals surface area contributed by atoms with Gasteiger partial charge in [0.05, 0.1) is 12.7 Å². The summed E-state index contributed by atoms with van der Waals surface area (Å²) in [5.74, 6) is 0.640. The number of ether oxygens (including phenoxy) is 1. The molecule has 0 amide bonds. The molecule has 1 aliphatic heterocycles. The summed E-state index contributed by atoms with van der Waals surface area (Å²) in [5, 5.41) is 10.3. The Morgan fingerprint density at radius 3 is 2.07 bits per heavy atom. The maximum atomic E-state index is 10.3. The van der Waals surface area contributed by atoms with Crippen LogP contribution in [-0.4, -0.2) is 124 Å². The normalized spacial score (nSPS) is 18.9. The number of nitrogens with zero attached hydrogens (tertiary/aromatic N) is 4. The number of unbranched alkanes of at least 4 members (excludes halogenated alkanes) is 1. The van der Waals surface area contributed by atoms with Crippen molar-refractivity contribution >= 4 is 0 Å². The molecular weight excluding hydrogens is 352 g/mol. The molecule has 0 aromatic heterocycles. The number of rotatable bonds is 16. The molecule has 168 valence electrons. The van der Waals surface area contributed by atoms with Gasteiger partial charge in [0, 0.05) is 65.5 Å². The van der Waals surface area contributed by atoms with Crippen LogP contribution >= 0.6 is 0 Å². The lowest BCUT2D eigenvalue weighted by molar-refractivity contribution is 0.00478. The summed E-state index contributed by atoms with van der Waals surface area (Å²) in [6, 6.07) is 0. The van der Waals surface area contributed by atoms with Crippen molar-refractivity contribution in [3.63, 3.8) is 0 Å². The topological polar surface area (TPSA) is 42.4 Å². The summed E-state index contributed by atoms with van der Waals surface area (Å²) in [5.41, 5.74) is 0. The van der Waals surface area contributed by atoms with Gasteiger partial charge in [0.2, 0.25) is 0 Å². The average molecular weight is 401 g/mol. The van der Waals surface area contributed by atoms with Gasteiger partial charge >= 0.3 is 0 Å². The van der Waals surface area contributed by atoms with Crippen LogP contribution in [0.4, 0.5) is 0 Å². The summed E-state index contributed by atoms with van der Waals surface area (Å²) in [4.78, 5) is 9.60. The van der Waals surface area contributed by atoms with Gasteiger partial charge < -0.3 is 19.6 Å². The molecule has 1 rings (SSSR count).